The molecule has 0 aliphatic carbocycles. The van der Waals surface area contributed by atoms with Crippen LogP contribution in [0.3, 0.4) is 0 Å². The molecule has 4 aliphatic rings. The van der Waals surface area contributed by atoms with Crippen molar-refractivity contribution in [2.75, 3.05) is 78.1 Å². The molecular weight excluding hydrogens is 703 g/mol. The number of methoxy groups -OCH3 is 3. The van der Waals surface area contributed by atoms with E-state index in [9.17, 15) is 18.5 Å². The van der Waals surface area contributed by atoms with Crippen molar-refractivity contribution >= 4 is 27.6 Å². The number of carbonyl (C=O) groups is 2. The summed E-state index contributed by atoms with van der Waals surface area (Å²) in [5.41, 5.74) is -1.75. The number of anilines is 1. The van der Waals surface area contributed by atoms with E-state index >= 15 is 4.79 Å². The molecule has 16 heteroatoms. The first-order chi connectivity index (χ1) is 25.5. The van der Waals surface area contributed by atoms with Gasteiger partial charge in [0.15, 0.2) is 5.54 Å². The Morgan fingerprint density at radius 2 is 1.70 bits per heavy atom. The Morgan fingerprint density at radius 3 is 2.32 bits per heavy atom. The van der Waals surface area contributed by atoms with Crippen molar-refractivity contribution in [1.29, 1.82) is 5.26 Å². The lowest BCUT2D eigenvalue weighted by atomic mass is 9.83. The van der Waals surface area contributed by atoms with Gasteiger partial charge in [0.1, 0.15) is 16.4 Å². The molecular formula is C37H43N7O8S. The van der Waals surface area contributed by atoms with E-state index in [-0.39, 0.29) is 44.4 Å². The van der Waals surface area contributed by atoms with Crippen LogP contribution in [-0.4, -0.2) is 125 Å². The number of nitriles is 1. The maximum absolute atomic E-state index is 15.2. The Morgan fingerprint density at radius 1 is 0.962 bits per heavy atom. The van der Waals surface area contributed by atoms with Gasteiger partial charge in [-0.2, -0.15) is 9.57 Å². The fraction of sp³-hybridized carbons (Fsp3) is 0.459. The van der Waals surface area contributed by atoms with Gasteiger partial charge in [0, 0.05) is 63.1 Å². The summed E-state index contributed by atoms with van der Waals surface area (Å²) in [6.07, 6.45) is 3.52. The van der Waals surface area contributed by atoms with E-state index in [0.717, 1.165) is 39.1 Å². The lowest BCUT2D eigenvalue weighted by molar-refractivity contribution is -0.139. The van der Waals surface area contributed by atoms with Crippen LogP contribution in [0.4, 0.5) is 10.5 Å². The number of fused-ring (bicyclic) bond motifs is 1. The number of sulfonamides is 1. The van der Waals surface area contributed by atoms with Crippen molar-refractivity contribution in [2.45, 2.75) is 41.8 Å². The second-order valence-electron chi connectivity index (χ2n) is 13.9. The predicted octanol–water partition coefficient (Wildman–Crippen LogP) is 2.54. The van der Waals surface area contributed by atoms with Crippen LogP contribution in [0.1, 0.15) is 36.5 Å². The Hall–Kier alpha value is -4.95. The Kier molecular flexibility index (Phi) is 9.70. The number of benzene rings is 2. The van der Waals surface area contributed by atoms with Crippen molar-refractivity contribution < 1.29 is 37.0 Å². The van der Waals surface area contributed by atoms with Crippen LogP contribution >= 0.6 is 0 Å². The van der Waals surface area contributed by atoms with E-state index in [1.54, 1.807) is 17.0 Å². The Bertz CT molecular complexity index is 2050. The van der Waals surface area contributed by atoms with E-state index in [4.69, 9.17) is 18.9 Å². The second kappa shape index (κ2) is 14.1. The Balaban J connectivity index is 1.22. The third kappa shape index (κ3) is 6.11. The van der Waals surface area contributed by atoms with Gasteiger partial charge in [-0.15, -0.1) is 0 Å². The maximum Gasteiger partial charge on any atom is 0.318 e. The zero-order chi connectivity index (χ0) is 37.5. The predicted molar refractivity (Wildman–Crippen MR) is 192 cm³/mol. The number of likely N-dealkylation sites (tertiary alicyclic amines) is 1. The topological polar surface area (TPSA) is 167 Å². The molecule has 0 radical (unpaired) electrons. The molecule has 3 aromatic rings. The van der Waals surface area contributed by atoms with Crippen LogP contribution in [0.15, 0.2) is 59.6 Å². The molecule has 4 aliphatic heterocycles. The van der Waals surface area contributed by atoms with Crippen molar-refractivity contribution in [3.05, 3.63) is 71.4 Å². The largest absolute Gasteiger partial charge is 0.497 e. The van der Waals surface area contributed by atoms with Crippen LogP contribution in [0.25, 0.3) is 0 Å². The van der Waals surface area contributed by atoms with E-state index in [2.05, 4.69) is 33.1 Å². The normalized spacial score (nSPS) is 22.1. The highest BCUT2D eigenvalue weighted by Gasteiger charge is 2.59. The standard InChI is InChI=1S/C37H43N7O8S/c1-36(23-52-24-36)43-14-11-26(12-15-43)41-16-18-42(19-17-41)35(46)40-37(28-6-5-13-39-33(28)51-4)29-20-25(22-38)7-9-30(29)44(34(37)45)53(47,48)32-10-8-27(49-2)21-31(32)50-3/h5-10,13,20-21,26H,11-12,14-19,23-24H2,1-4H3,(H,40,46). The minimum Gasteiger partial charge on any atom is -0.497 e. The summed E-state index contributed by atoms with van der Waals surface area (Å²) in [5.74, 6) is -0.717. The molecule has 3 amide bonds. The molecule has 1 N–H and O–H groups in total. The number of nitrogens with zero attached hydrogens (tertiary/aromatic N) is 6. The molecule has 0 saturated carbocycles. The van der Waals surface area contributed by atoms with E-state index in [0.29, 0.717) is 42.3 Å². The van der Waals surface area contributed by atoms with Crippen LogP contribution < -0.4 is 23.8 Å². The third-order valence-electron chi connectivity index (χ3n) is 11.0. The molecule has 0 spiro atoms. The van der Waals surface area contributed by atoms with Gasteiger partial charge in [-0.1, -0.05) is 0 Å². The van der Waals surface area contributed by atoms with Gasteiger partial charge in [-0.25, -0.2) is 18.2 Å². The number of urea groups is 1. The molecule has 0 bridgehead atoms. The van der Waals surface area contributed by atoms with E-state index in [1.807, 2.05) is 0 Å². The summed E-state index contributed by atoms with van der Waals surface area (Å²) in [4.78, 5) is 40.2. The van der Waals surface area contributed by atoms with Gasteiger partial charge in [0.25, 0.3) is 15.9 Å². The van der Waals surface area contributed by atoms with Crippen molar-refractivity contribution in [3.8, 4) is 23.4 Å². The van der Waals surface area contributed by atoms with Crippen LogP contribution in [0.2, 0.25) is 0 Å². The number of carbonyl (C=O) groups excluding carboxylic acids is 2. The molecule has 53 heavy (non-hydrogen) atoms. The molecule has 280 valence electrons. The number of piperazine rings is 1. The average molecular weight is 746 g/mol. The van der Waals surface area contributed by atoms with Gasteiger partial charge in [-0.05, 0) is 62.2 Å². The number of hydrogen-bond donors (Lipinski definition) is 1. The van der Waals surface area contributed by atoms with Gasteiger partial charge >= 0.3 is 6.03 Å². The lowest BCUT2D eigenvalue weighted by Gasteiger charge is -2.51. The summed E-state index contributed by atoms with van der Waals surface area (Å²) < 4.78 is 51.7. The van der Waals surface area contributed by atoms with Crippen molar-refractivity contribution in [2.24, 2.45) is 0 Å². The highest BCUT2D eigenvalue weighted by atomic mass is 32.2. The minimum absolute atomic E-state index is 0.00535. The zero-order valence-electron chi connectivity index (χ0n) is 30.2. The summed E-state index contributed by atoms with van der Waals surface area (Å²) in [6, 6.07) is 13.4. The molecule has 5 heterocycles. The number of pyridine rings is 1. The fourth-order valence-electron chi connectivity index (χ4n) is 7.95. The third-order valence-corrected chi connectivity index (χ3v) is 12.7. The lowest BCUT2D eigenvalue weighted by Crippen LogP contribution is -2.64. The van der Waals surface area contributed by atoms with Crippen molar-refractivity contribution in [3.63, 3.8) is 0 Å². The molecule has 7 rings (SSSR count). The van der Waals surface area contributed by atoms with Crippen molar-refractivity contribution in [1.82, 2.24) is 25.0 Å². The second-order valence-corrected chi connectivity index (χ2v) is 15.7. The number of ether oxygens (including phenoxy) is 4. The van der Waals surface area contributed by atoms with Crippen LogP contribution in [0, 0.1) is 11.3 Å². The number of piperidine rings is 1. The summed E-state index contributed by atoms with van der Waals surface area (Å²) >= 11 is 0. The van der Waals surface area contributed by atoms with Crippen LogP contribution in [-0.2, 0) is 25.1 Å². The summed E-state index contributed by atoms with van der Waals surface area (Å²) in [7, 11) is -0.587. The first-order valence-electron chi connectivity index (χ1n) is 17.5. The van der Waals surface area contributed by atoms with Gasteiger partial charge in [0.2, 0.25) is 5.88 Å². The summed E-state index contributed by atoms with van der Waals surface area (Å²) in [5, 5.41) is 12.9. The smallest absolute Gasteiger partial charge is 0.318 e. The molecule has 3 saturated heterocycles. The first-order valence-corrected chi connectivity index (χ1v) is 18.9. The SMILES string of the molecule is COc1ccc(S(=O)(=O)N2C(=O)C(NC(=O)N3CCN(C4CCN(C5(C)COC5)CC4)CC3)(c3cccnc3OC)c3cc(C#N)ccc32)c(OC)c1. The van der Waals surface area contributed by atoms with E-state index in [1.165, 1.54) is 63.9 Å². The molecule has 1 unspecified atom stereocenters. The molecule has 15 nitrogen and oxygen atoms in total. The summed E-state index contributed by atoms with van der Waals surface area (Å²) in [6.45, 7) is 7.84. The van der Waals surface area contributed by atoms with Gasteiger partial charge in [0.05, 0.1) is 63.0 Å². The maximum atomic E-state index is 15.2. The number of rotatable bonds is 9. The van der Waals surface area contributed by atoms with E-state index < -0.39 is 27.5 Å². The highest BCUT2D eigenvalue weighted by molar-refractivity contribution is 7.93. The monoisotopic (exact) mass is 745 g/mol. The number of nitrogens with one attached hydrogen (secondary N) is 1. The molecule has 2 aromatic carbocycles. The molecule has 3 fully saturated rings. The zero-order valence-corrected chi connectivity index (χ0v) is 31.0. The van der Waals surface area contributed by atoms with Gasteiger partial charge in [-0.3, -0.25) is 14.6 Å². The van der Waals surface area contributed by atoms with Crippen LogP contribution in [0.5, 0.6) is 17.4 Å². The molecule has 1 aromatic heterocycles. The number of amides is 3. The first kappa shape index (κ1) is 36.4. The van der Waals surface area contributed by atoms with Gasteiger partial charge < -0.3 is 29.2 Å². The fourth-order valence-corrected chi connectivity index (χ4v) is 9.56. The quantitative estimate of drug-likeness (QED) is 0.341. The minimum atomic E-state index is -4.70. The highest BCUT2D eigenvalue weighted by Crippen LogP contribution is 2.50. The molecule has 1 atom stereocenters. The average Bonchev–Trinajstić information content (AvgIpc) is 3.43. The number of aromatic nitrogens is 1. The Labute approximate surface area is 309 Å². The number of hydrogen-bond acceptors (Lipinski definition) is 12.